The van der Waals surface area contributed by atoms with Gasteiger partial charge in [-0.1, -0.05) is 260 Å². The van der Waals surface area contributed by atoms with Crippen molar-refractivity contribution in [2.75, 3.05) is 9.80 Å². The minimum absolute atomic E-state index is 0.0364. The second kappa shape index (κ2) is 20.9. The summed E-state index contributed by atoms with van der Waals surface area (Å²) < 4.78 is 9.86. The van der Waals surface area contributed by atoms with Gasteiger partial charge in [-0.2, -0.15) is 0 Å². The highest BCUT2D eigenvalue weighted by Gasteiger charge is 2.46. The molecule has 17 rings (SSSR count). The van der Waals surface area contributed by atoms with Crippen LogP contribution in [0.3, 0.4) is 0 Å². The van der Waals surface area contributed by atoms with E-state index in [1.807, 2.05) is 0 Å². The standard InChI is InChI=1S/C86H66BN3O/c1-85(2,3)62-42-39-56(40-43-62)61-50-78-81-79(51-61)90(83-65(57-27-13-8-14-28-57)45-46-69-68-35-21-24-38-80(68)91-84(69)83)76-47-41-60(55-25-11-7-12-26-55)49-72(76)87(81)73-54-64(88-74-36-22-19-33-66(74)67-34-20-23-37-75(67)88)44-48-77(73)89(78)82-70(58-29-15-9-16-30-58)52-63(86(4,5)6)53-71(82)59-31-17-10-18-32-59/h7-54H,1-6H3. The average molecular weight is 1170 g/mol. The SMILES string of the molecule is CC(C)(C)c1ccc(-c2cc3c4c(c2)N(c2c(-c5ccccc5)ccc5c2oc2ccccc25)c2ccc(-c5ccccc5)cc2B4c2cc(-n4c5ccccc5c5ccccc54)ccc2N3c2c(-c3ccccc3)cc(C(C)(C)C)cc2-c2ccccc2)cc1. The summed E-state index contributed by atoms with van der Waals surface area (Å²) >= 11 is 0. The molecule has 15 aromatic rings. The van der Waals surface area contributed by atoms with Gasteiger partial charge < -0.3 is 18.8 Å². The van der Waals surface area contributed by atoms with Crippen LogP contribution in [0.2, 0.25) is 0 Å². The van der Waals surface area contributed by atoms with Gasteiger partial charge in [0, 0.05) is 66.7 Å². The highest BCUT2D eigenvalue weighted by Crippen LogP contribution is 2.55. The Morgan fingerprint density at radius 3 is 1.34 bits per heavy atom. The van der Waals surface area contributed by atoms with Crippen LogP contribution in [0, 0.1) is 0 Å². The third kappa shape index (κ3) is 8.81. The maximum atomic E-state index is 7.37. The molecule has 2 aromatic heterocycles. The Hall–Kier alpha value is -10.9. The van der Waals surface area contributed by atoms with Crippen molar-refractivity contribution in [1.82, 2.24) is 4.57 Å². The van der Waals surface area contributed by atoms with E-state index in [9.17, 15) is 0 Å². The smallest absolute Gasteiger partial charge is 0.252 e. The van der Waals surface area contributed by atoms with Crippen molar-refractivity contribution in [2.24, 2.45) is 0 Å². The summed E-state index contributed by atoms with van der Waals surface area (Å²) in [6.07, 6.45) is 0. The minimum Gasteiger partial charge on any atom is -0.454 e. The lowest BCUT2D eigenvalue weighted by atomic mass is 9.33. The van der Waals surface area contributed by atoms with E-state index in [2.05, 4.69) is 347 Å². The molecule has 0 fully saturated rings. The van der Waals surface area contributed by atoms with Gasteiger partial charge in [0.05, 0.1) is 22.4 Å². The van der Waals surface area contributed by atoms with Crippen LogP contribution in [0.15, 0.2) is 296 Å². The molecule has 0 amide bonds. The number of anilines is 6. The number of para-hydroxylation sites is 3. The van der Waals surface area contributed by atoms with Crippen molar-refractivity contribution in [3.63, 3.8) is 0 Å². The largest absolute Gasteiger partial charge is 0.454 e. The molecule has 0 saturated carbocycles. The quantitative estimate of drug-likeness (QED) is 0.142. The van der Waals surface area contributed by atoms with Gasteiger partial charge in [-0.15, -0.1) is 0 Å². The maximum absolute atomic E-state index is 7.37. The van der Waals surface area contributed by atoms with Crippen LogP contribution in [0.4, 0.5) is 34.1 Å². The van der Waals surface area contributed by atoms with Gasteiger partial charge in [0.15, 0.2) is 5.58 Å². The van der Waals surface area contributed by atoms with E-state index in [1.54, 1.807) is 0 Å². The molecule has 434 valence electrons. The van der Waals surface area contributed by atoms with E-state index in [1.165, 1.54) is 49.3 Å². The molecule has 2 aliphatic rings. The van der Waals surface area contributed by atoms with E-state index < -0.39 is 0 Å². The van der Waals surface area contributed by atoms with E-state index >= 15 is 0 Å². The fourth-order valence-electron chi connectivity index (χ4n) is 14.8. The van der Waals surface area contributed by atoms with E-state index in [0.717, 1.165) is 117 Å². The van der Waals surface area contributed by atoms with Crippen molar-refractivity contribution >= 4 is 101 Å². The predicted molar refractivity (Wildman–Crippen MR) is 387 cm³/mol. The molecular weight excluding hydrogens is 1100 g/mol. The summed E-state index contributed by atoms with van der Waals surface area (Å²) in [6.45, 7) is 13.7. The number of aromatic nitrogens is 1. The van der Waals surface area contributed by atoms with Crippen molar-refractivity contribution < 1.29 is 4.42 Å². The average Bonchev–Trinajstić information content (AvgIpc) is 0.983. The molecule has 0 aliphatic carbocycles. The molecule has 0 radical (unpaired) electrons. The second-order valence-electron chi connectivity index (χ2n) is 26.8. The fraction of sp³-hybridized carbons (Fsp3) is 0.0930. The van der Waals surface area contributed by atoms with Crippen LogP contribution in [0.25, 0.3) is 105 Å². The van der Waals surface area contributed by atoms with Gasteiger partial charge in [-0.05, 0) is 150 Å². The third-order valence-electron chi connectivity index (χ3n) is 19.3. The normalized spacial score (nSPS) is 12.9. The zero-order valence-electron chi connectivity index (χ0n) is 52.0. The lowest BCUT2D eigenvalue weighted by Crippen LogP contribution is -2.61. The van der Waals surface area contributed by atoms with Crippen molar-refractivity contribution in [1.29, 1.82) is 0 Å². The first kappa shape index (κ1) is 54.3. The predicted octanol–water partition coefficient (Wildman–Crippen LogP) is 21.7. The Kier molecular flexibility index (Phi) is 12.5. The summed E-state index contributed by atoms with van der Waals surface area (Å²) in [4.78, 5) is 5.27. The molecule has 0 bridgehead atoms. The van der Waals surface area contributed by atoms with Crippen LogP contribution in [-0.4, -0.2) is 11.3 Å². The van der Waals surface area contributed by atoms with Gasteiger partial charge in [0.1, 0.15) is 5.58 Å². The Morgan fingerprint density at radius 1 is 0.308 bits per heavy atom. The Labute approximate surface area is 532 Å². The van der Waals surface area contributed by atoms with Crippen LogP contribution in [0.5, 0.6) is 0 Å². The van der Waals surface area contributed by atoms with Crippen molar-refractivity contribution in [3.05, 3.63) is 302 Å². The third-order valence-corrected chi connectivity index (χ3v) is 19.3. The molecule has 13 aromatic carbocycles. The number of nitrogens with zero attached hydrogens (tertiary/aromatic N) is 3. The second-order valence-corrected chi connectivity index (χ2v) is 26.8. The number of furan rings is 1. The lowest BCUT2D eigenvalue weighted by molar-refractivity contribution is 0.590. The van der Waals surface area contributed by atoms with Crippen molar-refractivity contribution in [2.45, 2.75) is 52.4 Å². The highest BCUT2D eigenvalue weighted by molar-refractivity contribution is 7.00. The zero-order valence-corrected chi connectivity index (χ0v) is 52.0. The first-order chi connectivity index (χ1) is 44.4. The molecule has 91 heavy (non-hydrogen) atoms. The number of rotatable bonds is 8. The molecule has 0 saturated heterocycles. The fourth-order valence-corrected chi connectivity index (χ4v) is 14.8. The number of hydrogen-bond donors (Lipinski definition) is 0. The van der Waals surface area contributed by atoms with Crippen molar-refractivity contribution in [3.8, 4) is 61.3 Å². The molecule has 0 N–H and O–H groups in total. The molecule has 4 heterocycles. The molecule has 0 unspecified atom stereocenters. The Balaban J connectivity index is 1.07. The maximum Gasteiger partial charge on any atom is 0.252 e. The number of hydrogen-bond acceptors (Lipinski definition) is 3. The summed E-state index contributed by atoms with van der Waals surface area (Å²) in [7, 11) is 0. The Morgan fingerprint density at radius 2 is 0.769 bits per heavy atom. The molecular formula is C86H66BN3O. The summed E-state index contributed by atoms with van der Waals surface area (Å²) in [6, 6.07) is 109. The highest BCUT2D eigenvalue weighted by atomic mass is 16.3. The molecule has 2 aliphatic heterocycles. The minimum atomic E-state index is -0.263. The monoisotopic (exact) mass is 1170 g/mol. The van der Waals surface area contributed by atoms with Crippen LogP contribution in [0.1, 0.15) is 52.7 Å². The number of fused-ring (bicyclic) bond motifs is 10. The number of benzene rings is 13. The topological polar surface area (TPSA) is 24.6 Å². The molecule has 0 atom stereocenters. The van der Waals surface area contributed by atoms with Gasteiger partial charge in [-0.3, -0.25) is 0 Å². The summed E-state index contributed by atoms with van der Waals surface area (Å²) in [5.41, 5.74) is 29.0. The summed E-state index contributed by atoms with van der Waals surface area (Å²) in [5, 5.41) is 4.61. The van der Waals surface area contributed by atoms with Crippen LogP contribution in [-0.2, 0) is 10.8 Å². The van der Waals surface area contributed by atoms with E-state index in [0.29, 0.717) is 0 Å². The van der Waals surface area contributed by atoms with Gasteiger partial charge in [-0.25, -0.2) is 0 Å². The van der Waals surface area contributed by atoms with Gasteiger partial charge in [0.2, 0.25) is 0 Å². The van der Waals surface area contributed by atoms with Crippen LogP contribution >= 0.6 is 0 Å². The molecule has 5 heteroatoms. The zero-order chi connectivity index (χ0) is 61.3. The van der Waals surface area contributed by atoms with E-state index in [4.69, 9.17) is 4.42 Å². The van der Waals surface area contributed by atoms with Gasteiger partial charge in [0.25, 0.3) is 6.71 Å². The first-order valence-electron chi connectivity index (χ1n) is 31.9. The lowest BCUT2D eigenvalue weighted by Gasteiger charge is -2.46. The first-order valence-corrected chi connectivity index (χ1v) is 31.9. The molecule has 0 spiro atoms. The van der Waals surface area contributed by atoms with E-state index in [-0.39, 0.29) is 17.5 Å². The van der Waals surface area contributed by atoms with Crippen LogP contribution < -0.4 is 26.2 Å². The summed E-state index contributed by atoms with van der Waals surface area (Å²) in [5.74, 6) is 0. The molecule has 4 nitrogen and oxygen atoms in total. The Bertz CT molecular complexity index is 5250. The van der Waals surface area contributed by atoms with Gasteiger partial charge >= 0.3 is 0 Å².